The van der Waals surface area contributed by atoms with Crippen molar-refractivity contribution in [3.63, 3.8) is 0 Å². The molecule has 0 atom stereocenters. The number of hydrogen-bond donors (Lipinski definition) is 3. The van der Waals surface area contributed by atoms with Gasteiger partial charge in [0.2, 0.25) is 0 Å². The minimum Gasteiger partial charge on any atom is -0.409 e. The minimum absolute atomic E-state index is 0.115. The monoisotopic (exact) mass is 435 g/mol. The van der Waals surface area contributed by atoms with Gasteiger partial charge in [0.25, 0.3) is 5.91 Å². The molecule has 0 saturated carbocycles. The molecule has 0 spiro atoms. The van der Waals surface area contributed by atoms with Crippen LogP contribution in [0.5, 0.6) is 0 Å². The summed E-state index contributed by atoms with van der Waals surface area (Å²) >= 11 is 7.88. The van der Waals surface area contributed by atoms with E-state index in [2.05, 4.69) is 42.3 Å². The van der Waals surface area contributed by atoms with Gasteiger partial charge in [-0.25, -0.2) is 4.39 Å². The Hall–Kier alpha value is -1.45. The molecule has 110 valence electrons. The first-order valence-corrected chi connectivity index (χ1v) is 7.87. The van der Waals surface area contributed by atoms with E-state index < -0.39 is 17.6 Å². The van der Waals surface area contributed by atoms with Crippen LogP contribution < -0.4 is 11.1 Å². The molecule has 1 aromatic carbocycles. The molecule has 21 heavy (non-hydrogen) atoms. The molecule has 2 rings (SSSR count). The van der Waals surface area contributed by atoms with Crippen LogP contribution in [0.1, 0.15) is 15.9 Å². The van der Waals surface area contributed by atoms with Crippen molar-refractivity contribution in [2.24, 2.45) is 10.9 Å². The van der Waals surface area contributed by atoms with Crippen molar-refractivity contribution in [1.82, 2.24) is 0 Å². The fourth-order valence-electron chi connectivity index (χ4n) is 1.62. The standard InChI is InChI=1S/C12H8Br2FN3O2S/c13-8-4-5(10(14)21-8)12(19)17-7-3-1-2-6(15)9(7)11(16)18-20/h1-4,20H,(H2,16,18)(H,17,19). The fourth-order valence-corrected chi connectivity index (χ4v) is 4.42. The van der Waals surface area contributed by atoms with Crippen LogP contribution in [0.15, 0.2) is 37.0 Å². The first-order valence-electron chi connectivity index (χ1n) is 5.46. The molecule has 0 aliphatic heterocycles. The number of rotatable bonds is 3. The zero-order chi connectivity index (χ0) is 15.6. The van der Waals surface area contributed by atoms with Gasteiger partial charge in [-0.1, -0.05) is 11.2 Å². The van der Waals surface area contributed by atoms with Crippen LogP contribution in [0.3, 0.4) is 0 Å². The predicted molar refractivity (Wildman–Crippen MR) is 86.6 cm³/mol. The predicted octanol–water partition coefficient (Wildman–Crippen LogP) is 3.76. The summed E-state index contributed by atoms with van der Waals surface area (Å²) in [5.41, 5.74) is 5.78. The highest BCUT2D eigenvalue weighted by Crippen LogP contribution is 2.32. The molecule has 0 aliphatic rings. The molecule has 0 saturated heterocycles. The van der Waals surface area contributed by atoms with Crippen molar-refractivity contribution in [2.75, 3.05) is 5.32 Å². The summed E-state index contributed by atoms with van der Waals surface area (Å²) in [5, 5.41) is 14.0. The maximum Gasteiger partial charge on any atom is 0.257 e. The highest BCUT2D eigenvalue weighted by atomic mass is 79.9. The average molecular weight is 437 g/mol. The number of hydrogen-bond acceptors (Lipinski definition) is 4. The van der Waals surface area contributed by atoms with Crippen molar-refractivity contribution in [3.8, 4) is 0 Å². The third-order valence-electron chi connectivity index (χ3n) is 2.53. The van der Waals surface area contributed by atoms with E-state index in [0.717, 1.165) is 9.85 Å². The van der Waals surface area contributed by atoms with E-state index in [1.165, 1.54) is 23.5 Å². The van der Waals surface area contributed by atoms with Gasteiger partial charge in [-0.05, 0) is 50.1 Å². The van der Waals surface area contributed by atoms with E-state index in [9.17, 15) is 9.18 Å². The lowest BCUT2D eigenvalue weighted by molar-refractivity contribution is 0.102. The summed E-state index contributed by atoms with van der Waals surface area (Å²) in [7, 11) is 0. The Morgan fingerprint density at radius 2 is 2.14 bits per heavy atom. The smallest absolute Gasteiger partial charge is 0.257 e. The Labute approximate surface area is 139 Å². The maximum absolute atomic E-state index is 13.8. The number of thiophene rings is 1. The zero-order valence-corrected chi connectivity index (χ0v) is 14.2. The number of anilines is 1. The van der Waals surface area contributed by atoms with Crippen LogP contribution in [-0.2, 0) is 0 Å². The fraction of sp³-hybridized carbons (Fsp3) is 0. The van der Waals surface area contributed by atoms with Crippen LogP contribution >= 0.6 is 43.2 Å². The van der Waals surface area contributed by atoms with Crippen LogP contribution in [0.2, 0.25) is 0 Å². The number of benzene rings is 1. The highest BCUT2D eigenvalue weighted by Gasteiger charge is 2.18. The number of carbonyl (C=O) groups is 1. The molecule has 0 fully saturated rings. The molecule has 0 bridgehead atoms. The second kappa shape index (κ2) is 6.54. The Morgan fingerprint density at radius 3 is 2.71 bits per heavy atom. The van der Waals surface area contributed by atoms with Crippen LogP contribution in [0.25, 0.3) is 0 Å². The van der Waals surface area contributed by atoms with E-state index in [1.807, 2.05) is 0 Å². The molecule has 1 heterocycles. The molecular weight excluding hydrogens is 429 g/mol. The number of nitrogens with two attached hydrogens (primary N) is 1. The lowest BCUT2D eigenvalue weighted by Gasteiger charge is -2.10. The summed E-state index contributed by atoms with van der Waals surface area (Å²) in [4.78, 5) is 12.2. The number of nitrogens with one attached hydrogen (secondary N) is 1. The van der Waals surface area contributed by atoms with Gasteiger partial charge in [0.05, 0.1) is 24.4 Å². The average Bonchev–Trinajstić information content (AvgIpc) is 2.77. The molecule has 1 amide bonds. The van der Waals surface area contributed by atoms with Crippen molar-refractivity contribution >= 4 is 60.6 Å². The number of amidine groups is 1. The Morgan fingerprint density at radius 1 is 1.43 bits per heavy atom. The van der Waals surface area contributed by atoms with Crippen molar-refractivity contribution in [2.45, 2.75) is 0 Å². The Balaban J connectivity index is 2.38. The van der Waals surface area contributed by atoms with Crippen LogP contribution in [0.4, 0.5) is 10.1 Å². The molecular formula is C12H8Br2FN3O2S. The second-order valence-corrected chi connectivity index (χ2v) is 7.59. The largest absolute Gasteiger partial charge is 0.409 e. The van der Waals surface area contributed by atoms with E-state index in [-0.39, 0.29) is 11.3 Å². The summed E-state index contributed by atoms with van der Waals surface area (Å²) < 4.78 is 15.2. The molecule has 9 heteroatoms. The van der Waals surface area contributed by atoms with Gasteiger partial charge in [0.1, 0.15) is 5.82 Å². The first kappa shape index (κ1) is 15.9. The number of nitrogens with zero attached hydrogens (tertiary/aromatic N) is 1. The van der Waals surface area contributed by atoms with Gasteiger partial charge >= 0.3 is 0 Å². The molecule has 4 N–H and O–H groups in total. The van der Waals surface area contributed by atoms with Crippen molar-refractivity contribution in [1.29, 1.82) is 0 Å². The Bertz CT molecular complexity index is 733. The summed E-state index contributed by atoms with van der Waals surface area (Å²) in [5.74, 6) is -1.57. The molecule has 2 aromatic rings. The van der Waals surface area contributed by atoms with Crippen molar-refractivity contribution < 1.29 is 14.4 Å². The number of halogens is 3. The zero-order valence-electron chi connectivity index (χ0n) is 10.2. The topological polar surface area (TPSA) is 87.7 Å². The number of oxime groups is 1. The van der Waals surface area contributed by atoms with Gasteiger partial charge in [0.15, 0.2) is 5.84 Å². The normalized spacial score (nSPS) is 11.5. The SMILES string of the molecule is N/C(=N/O)c1c(F)cccc1NC(=O)c1cc(Br)sc1Br. The molecule has 1 aromatic heterocycles. The van der Waals surface area contributed by atoms with E-state index in [4.69, 9.17) is 10.9 Å². The van der Waals surface area contributed by atoms with Crippen LogP contribution in [0, 0.1) is 5.82 Å². The third kappa shape index (κ3) is 3.42. The summed E-state index contributed by atoms with van der Waals surface area (Å²) in [6.45, 7) is 0. The second-order valence-electron chi connectivity index (χ2n) is 3.84. The lowest BCUT2D eigenvalue weighted by atomic mass is 10.1. The summed E-state index contributed by atoms with van der Waals surface area (Å²) in [6, 6.07) is 5.66. The quantitative estimate of drug-likeness (QED) is 0.296. The van der Waals surface area contributed by atoms with E-state index in [1.54, 1.807) is 6.07 Å². The van der Waals surface area contributed by atoms with Gasteiger partial charge in [0, 0.05) is 0 Å². The van der Waals surface area contributed by atoms with E-state index >= 15 is 0 Å². The summed E-state index contributed by atoms with van der Waals surface area (Å²) in [6.07, 6.45) is 0. The van der Waals surface area contributed by atoms with E-state index in [0.29, 0.717) is 9.35 Å². The van der Waals surface area contributed by atoms with Gasteiger partial charge < -0.3 is 16.3 Å². The minimum atomic E-state index is -0.700. The first-order chi connectivity index (χ1) is 9.93. The van der Waals surface area contributed by atoms with Gasteiger partial charge in [-0.2, -0.15) is 0 Å². The molecule has 0 unspecified atom stereocenters. The molecule has 5 nitrogen and oxygen atoms in total. The van der Waals surface area contributed by atoms with Crippen molar-refractivity contribution in [3.05, 3.63) is 48.8 Å². The van der Waals surface area contributed by atoms with Crippen LogP contribution in [-0.4, -0.2) is 17.0 Å². The third-order valence-corrected chi connectivity index (χ3v) is 4.87. The van der Waals surface area contributed by atoms with Gasteiger partial charge in [-0.3, -0.25) is 4.79 Å². The maximum atomic E-state index is 13.8. The Kier molecular flexibility index (Phi) is 4.96. The lowest BCUT2D eigenvalue weighted by Crippen LogP contribution is -2.20. The van der Waals surface area contributed by atoms with Gasteiger partial charge in [-0.15, -0.1) is 11.3 Å². The number of carbonyl (C=O) groups excluding carboxylic acids is 1. The molecule has 0 aliphatic carbocycles. The highest BCUT2D eigenvalue weighted by molar-refractivity contribution is 9.12. The number of amides is 1. The molecule has 0 radical (unpaired) electrons.